The number of urea groups is 1. The van der Waals surface area contributed by atoms with Crippen molar-refractivity contribution < 1.29 is 14.3 Å². The molecule has 2 aromatic rings. The number of benzene rings is 1. The zero-order valence-electron chi connectivity index (χ0n) is 13.9. The Morgan fingerprint density at radius 2 is 1.96 bits per heavy atom. The van der Waals surface area contributed by atoms with E-state index < -0.39 is 6.03 Å². The fourth-order valence-electron chi connectivity index (χ4n) is 2.75. The number of hydrazone groups is 1. The summed E-state index contributed by atoms with van der Waals surface area (Å²) < 4.78 is 5.41. The van der Waals surface area contributed by atoms with Gasteiger partial charge in [-0.25, -0.2) is 14.8 Å². The SMILES string of the molecule is O=C1CN(/N=C\c2sc(N3CCOCC3)nc2-c2ccccc2)C(=O)N1. The molecule has 1 aromatic heterocycles. The summed E-state index contributed by atoms with van der Waals surface area (Å²) in [4.78, 5) is 30.8. The van der Waals surface area contributed by atoms with E-state index in [4.69, 9.17) is 9.72 Å². The van der Waals surface area contributed by atoms with Crippen molar-refractivity contribution in [3.05, 3.63) is 35.2 Å². The molecule has 2 fully saturated rings. The van der Waals surface area contributed by atoms with Gasteiger partial charge in [0.2, 0.25) is 5.91 Å². The largest absolute Gasteiger partial charge is 0.378 e. The third-order valence-electron chi connectivity index (χ3n) is 4.06. The molecule has 0 spiro atoms. The van der Waals surface area contributed by atoms with E-state index in [9.17, 15) is 9.59 Å². The van der Waals surface area contributed by atoms with Gasteiger partial charge in [0.05, 0.1) is 30.0 Å². The zero-order valence-corrected chi connectivity index (χ0v) is 14.7. The molecule has 3 heterocycles. The van der Waals surface area contributed by atoms with E-state index in [0.717, 1.165) is 39.4 Å². The number of morpholine rings is 1. The fraction of sp³-hybridized carbons (Fsp3) is 0.294. The van der Waals surface area contributed by atoms with Crippen LogP contribution >= 0.6 is 11.3 Å². The van der Waals surface area contributed by atoms with Gasteiger partial charge in [0.1, 0.15) is 6.54 Å². The zero-order chi connectivity index (χ0) is 17.9. The second kappa shape index (κ2) is 7.22. The molecule has 2 saturated heterocycles. The number of nitrogens with one attached hydrogen (secondary N) is 1. The lowest BCUT2D eigenvalue weighted by Crippen LogP contribution is -2.36. The molecule has 2 aliphatic heterocycles. The first kappa shape index (κ1) is 16.7. The van der Waals surface area contributed by atoms with Gasteiger partial charge in [-0.2, -0.15) is 5.10 Å². The molecule has 0 unspecified atom stereocenters. The summed E-state index contributed by atoms with van der Waals surface area (Å²) in [6.07, 6.45) is 1.60. The Bertz CT molecular complexity index is 845. The van der Waals surface area contributed by atoms with Gasteiger partial charge in [0, 0.05) is 18.7 Å². The van der Waals surface area contributed by atoms with Gasteiger partial charge < -0.3 is 9.64 Å². The average molecular weight is 371 g/mol. The van der Waals surface area contributed by atoms with Crippen LogP contribution in [-0.2, 0) is 9.53 Å². The number of imide groups is 1. The van der Waals surface area contributed by atoms with Crippen LogP contribution in [0.15, 0.2) is 35.4 Å². The second-order valence-corrected chi connectivity index (χ2v) is 6.84. The fourth-order valence-corrected chi connectivity index (χ4v) is 3.75. The Kier molecular flexibility index (Phi) is 4.63. The van der Waals surface area contributed by atoms with Crippen molar-refractivity contribution in [1.82, 2.24) is 15.3 Å². The number of thiazole rings is 1. The van der Waals surface area contributed by atoms with Crippen LogP contribution in [0.25, 0.3) is 11.3 Å². The molecule has 9 heteroatoms. The van der Waals surface area contributed by atoms with Gasteiger partial charge in [0.15, 0.2) is 5.13 Å². The first-order valence-corrected chi connectivity index (χ1v) is 9.06. The normalized spacial score (nSPS) is 18.0. The van der Waals surface area contributed by atoms with Gasteiger partial charge in [-0.1, -0.05) is 41.7 Å². The van der Waals surface area contributed by atoms with E-state index in [2.05, 4.69) is 15.3 Å². The average Bonchev–Trinajstić information content (AvgIpc) is 3.24. The summed E-state index contributed by atoms with van der Waals surface area (Å²) in [7, 11) is 0. The van der Waals surface area contributed by atoms with E-state index in [1.54, 1.807) is 6.21 Å². The lowest BCUT2D eigenvalue weighted by Gasteiger charge is -2.26. The molecule has 2 aliphatic rings. The monoisotopic (exact) mass is 371 g/mol. The molecule has 0 saturated carbocycles. The maximum Gasteiger partial charge on any atom is 0.344 e. The first-order chi connectivity index (χ1) is 12.7. The van der Waals surface area contributed by atoms with Crippen LogP contribution in [0, 0.1) is 0 Å². The summed E-state index contributed by atoms with van der Waals surface area (Å²) in [5.41, 5.74) is 1.79. The van der Waals surface area contributed by atoms with E-state index in [0.29, 0.717) is 13.2 Å². The summed E-state index contributed by atoms with van der Waals surface area (Å²) in [5.74, 6) is -0.353. The van der Waals surface area contributed by atoms with Crippen molar-refractivity contribution in [2.24, 2.45) is 5.10 Å². The molecule has 0 aliphatic carbocycles. The molecule has 0 bridgehead atoms. The number of hydrogen-bond donors (Lipinski definition) is 1. The van der Waals surface area contributed by atoms with Crippen LogP contribution in [0.1, 0.15) is 4.88 Å². The molecule has 1 aromatic carbocycles. The van der Waals surface area contributed by atoms with E-state index in [-0.39, 0.29) is 12.5 Å². The van der Waals surface area contributed by atoms with Crippen LogP contribution in [-0.4, -0.2) is 61.0 Å². The standard InChI is InChI=1S/C17H17N5O3S/c23-14-11-22(16(24)19-14)18-10-13-15(12-4-2-1-3-5-12)20-17(26-13)21-6-8-25-9-7-21/h1-5,10H,6-9,11H2,(H,19,23,24)/b18-10-. The van der Waals surface area contributed by atoms with Gasteiger partial charge in [-0.15, -0.1) is 0 Å². The van der Waals surface area contributed by atoms with Crippen molar-refractivity contribution in [3.63, 3.8) is 0 Å². The maximum absolute atomic E-state index is 11.7. The molecule has 0 radical (unpaired) electrons. The van der Waals surface area contributed by atoms with Gasteiger partial charge in [0.25, 0.3) is 0 Å². The Morgan fingerprint density at radius 1 is 1.19 bits per heavy atom. The third kappa shape index (κ3) is 3.44. The van der Waals surface area contributed by atoms with Crippen LogP contribution in [0.4, 0.5) is 9.93 Å². The van der Waals surface area contributed by atoms with Crippen LogP contribution in [0.5, 0.6) is 0 Å². The van der Waals surface area contributed by atoms with Gasteiger partial charge in [-0.05, 0) is 0 Å². The smallest absolute Gasteiger partial charge is 0.344 e. The molecule has 3 amide bonds. The molecule has 1 N–H and O–H groups in total. The minimum Gasteiger partial charge on any atom is -0.378 e. The molecule has 8 nitrogen and oxygen atoms in total. The topological polar surface area (TPSA) is 87.1 Å². The number of rotatable bonds is 4. The van der Waals surface area contributed by atoms with Crippen molar-refractivity contribution in [3.8, 4) is 11.3 Å². The second-order valence-electron chi connectivity index (χ2n) is 5.83. The molecule has 0 atom stereocenters. The van der Waals surface area contributed by atoms with Crippen molar-refractivity contribution in [2.75, 3.05) is 37.7 Å². The van der Waals surface area contributed by atoms with E-state index in [1.807, 2.05) is 30.3 Å². The lowest BCUT2D eigenvalue weighted by molar-refractivity contribution is -0.118. The molecule has 26 heavy (non-hydrogen) atoms. The number of hydrogen-bond acceptors (Lipinski definition) is 7. The number of carbonyl (C=O) groups excluding carboxylic acids is 2. The summed E-state index contributed by atoms with van der Waals surface area (Å²) in [5, 5.41) is 8.39. The minimum atomic E-state index is -0.509. The first-order valence-electron chi connectivity index (χ1n) is 8.25. The Balaban J connectivity index is 1.66. The Morgan fingerprint density at radius 3 is 2.65 bits per heavy atom. The van der Waals surface area contributed by atoms with Gasteiger partial charge >= 0.3 is 6.03 Å². The summed E-state index contributed by atoms with van der Waals surface area (Å²) in [6.45, 7) is 2.88. The highest BCUT2D eigenvalue weighted by molar-refractivity contribution is 7.17. The lowest BCUT2D eigenvalue weighted by atomic mass is 10.1. The molecule has 134 valence electrons. The minimum absolute atomic E-state index is 0.0644. The highest BCUT2D eigenvalue weighted by Crippen LogP contribution is 2.32. The van der Waals surface area contributed by atoms with Crippen molar-refractivity contribution in [1.29, 1.82) is 0 Å². The number of anilines is 1. The highest BCUT2D eigenvalue weighted by atomic mass is 32.1. The number of aromatic nitrogens is 1. The van der Waals surface area contributed by atoms with Crippen LogP contribution < -0.4 is 10.2 Å². The quantitative estimate of drug-likeness (QED) is 0.651. The van der Waals surface area contributed by atoms with E-state index in [1.165, 1.54) is 11.3 Å². The number of nitrogens with zero attached hydrogens (tertiary/aromatic N) is 4. The van der Waals surface area contributed by atoms with Crippen LogP contribution in [0.2, 0.25) is 0 Å². The third-order valence-corrected chi connectivity index (χ3v) is 5.11. The van der Waals surface area contributed by atoms with Crippen LogP contribution in [0.3, 0.4) is 0 Å². The molecular weight excluding hydrogens is 354 g/mol. The Hall–Kier alpha value is -2.78. The molecule has 4 rings (SSSR count). The number of amides is 3. The highest BCUT2D eigenvalue weighted by Gasteiger charge is 2.26. The molecular formula is C17H17N5O3S. The predicted octanol–water partition coefficient (Wildman–Crippen LogP) is 1.53. The summed E-state index contributed by atoms with van der Waals surface area (Å²) >= 11 is 1.51. The summed E-state index contributed by atoms with van der Waals surface area (Å²) in [6, 6.07) is 9.33. The number of ether oxygens (including phenoxy) is 1. The van der Waals surface area contributed by atoms with Crippen molar-refractivity contribution >= 4 is 34.6 Å². The van der Waals surface area contributed by atoms with E-state index >= 15 is 0 Å². The predicted molar refractivity (Wildman–Crippen MR) is 98.4 cm³/mol. The van der Waals surface area contributed by atoms with Gasteiger partial charge in [-0.3, -0.25) is 10.1 Å². The maximum atomic E-state index is 11.7. The van der Waals surface area contributed by atoms with Crippen molar-refractivity contribution in [2.45, 2.75) is 0 Å². The number of carbonyl (C=O) groups is 2. The Labute approximate surface area is 154 Å².